The second-order valence-corrected chi connectivity index (χ2v) is 10.3. The van der Waals surface area contributed by atoms with Crippen LogP contribution >= 0.6 is 0 Å². The number of nitrogens with zero attached hydrogens (tertiary/aromatic N) is 1. The van der Waals surface area contributed by atoms with Crippen LogP contribution in [0.4, 0.5) is 18.9 Å². The second kappa shape index (κ2) is 10.2. The number of aryl methyl sites for hydroxylation is 1. The molecule has 0 unspecified atom stereocenters. The Morgan fingerprint density at radius 1 is 1.06 bits per heavy atom. The van der Waals surface area contributed by atoms with Gasteiger partial charge in [0.2, 0.25) is 0 Å². The molecule has 178 valence electrons. The largest absolute Gasteiger partial charge is 0.416 e. The van der Waals surface area contributed by atoms with Crippen molar-refractivity contribution in [2.75, 3.05) is 10.8 Å². The molecule has 0 atom stereocenters. The molecule has 1 aliphatic rings. The lowest BCUT2D eigenvalue weighted by atomic mass is 9.90. The van der Waals surface area contributed by atoms with Crippen molar-refractivity contribution in [3.05, 3.63) is 58.1 Å². The van der Waals surface area contributed by atoms with E-state index in [4.69, 9.17) is 0 Å². The lowest BCUT2D eigenvalue weighted by Gasteiger charge is -2.23. The highest BCUT2D eigenvalue weighted by atomic mass is 32.2. The molecule has 0 amide bonds. The smallest absolute Gasteiger partial charge is 0.266 e. The molecular weight excluding hydrogens is 447 g/mol. The molecule has 2 aromatic rings. The molecule has 1 aliphatic heterocycles. The Bertz CT molecular complexity index is 1160. The number of alkyl halides is 3. The summed E-state index contributed by atoms with van der Waals surface area (Å²) in [6.07, 6.45) is -0.217. The van der Waals surface area contributed by atoms with Crippen molar-refractivity contribution in [3.63, 3.8) is 0 Å². The fourth-order valence-corrected chi connectivity index (χ4v) is 5.57. The van der Waals surface area contributed by atoms with Crippen molar-refractivity contribution in [1.29, 1.82) is 0 Å². The lowest BCUT2D eigenvalue weighted by Crippen LogP contribution is -2.29. The summed E-state index contributed by atoms with van der Waals surface area (Å²) >= 11 is 0. The minimum absolute atomic E-state index is 0.0696. The van der Waals surface area contributed by atoms with Gasteiger partial charge in [0.25, 0.3) is 10.0 Å². The van der Waals surface area contributed by atoms with E-state index in [9.17, 15) is 21.6 Å². The van der Waals surface area contributed by atoms with Crippen molar-refractivity contribution in [3.8, 4) is 11.8 Å². The topological polar surface area (TPSA) is 37.4 Å². The van der Waals surface area contributed by atoms with Gasteiger partial charge < -0.3 is 0 Å². The molecule has 0 fully saturated rings. The van der Waals surface area contributed by atoms with E-state index in [1.54, 1.807) is 12.1 Å². The predicted octanol–water partition coefficient (Wildman–Crippen LogP) is 6.65. The first kappa shape index (κ1) is 25.2. The lowest BCUT2D eigenvalue weighted by molar-refractivity contribution is -0.138. The maximum atomic E-state index is 14.1. The van der Waals surface area contributed by atoms with Crippen molar-refractivity contribution >= 4 is 15.7 Å². The van der Waals surface area contributed by atoms with Crippen molar-refractivity contribution in [2.24, 2.45) is 0 Å². The van der Waals surface area contributed by atoms with E-state index in [-0.39, 0.29) is 29.1 Å². The van der Waals surface area contributed by atoms with E-state index in [0.717, 1.165) is 35.2 Å². The first-order valence-corrected chi connectivity index (χ1v) is 12.9. The summed E-state index contributed by atoms with van der Waals surface area (Å²) in [6.45, 7) is 5.91. The van der Waals surface area contributed by atoms with Gasteiger partial charge in [-0.2, -0.15) is 13.2 Å². The summed E-state index contributed by atoms with van der Waals surface area (Å²) in [5, 5.41) is 0. The molecule has 0 saturated heterocycles. The van der Waals surface area contributed by atoms with Crippen LogP contribution in [-0.4, -0.2) is 15.0 Å². The Morgan fingerprint density at radius 3 is 2.33 bits per heavy atom. The van der Waals surface area contributed by atoms with Crippen LogP contribution in [0.5, 0.6) is 0 Å². The monoisotopic (exact) mass is 477 g/mol. The molecule has 0 saturated carbocycles. The first-order valence-electron chi connectivity index (χ1n) is 11.5. The average Bonchev–Trinajstić information content (AvgIpc) is 3.19. The quantitative estimate of drug-likeness (QED) is 0.331. The number of hydrogen-bond donors (Lipinski definition) is 0. The standard InChI is InChI=1S/C26H30F3NO2S/c1-4-6-8-9-11-21-22(10-7-5-2)24(26(27,28)29)18-25-23(21)16-17-30(25)33(31,32)20-14-12-19(3)13-15-20/h12-15,18H,4-8,10,16-17H2,1-3H3. The molecule has 0 bridgehead atoms. The Kier molecular flexibility index (Phi) is 7.79. The van der Waals surface area contributed by atoms with E-state index in [1.165, 1.54) is 12.1 Å². The van der Waals surface area contributed by atoms with Crippen molar-refractivity contribution < 1.29 is 21.6 Å². The molecule has 1 heterocycles. The number of rotatable bonds is 7. The van der Waals surface area contributed by atoms with E-state index in [2.05, 4.69) is 11.8 Å². The Morgan fingerprint density at radius 2 is 1.73 bits per heavy atom. The van der Waals surface area contributed by atoms with E-state index in [0.29, 0.717) is 30.4 Å². The highest BCUT2D eigenvalue weighted by molar-refractivity contribution is 7.92. The van der Waals surface area contributed by atoms with Crippen LogP contribution in [0.15, 0.2) is 35.2 Å². The number of unbranched alkanes of at least 4 members (excludes halogenated alkanes) is 3. The van der Waals surface area contributed by atoms with Gasteiger partial charge in [0.1, 0.15) is 0 Å². The van der Waals surface area contributed by atoms with Crippen LogP contribution in [0.25, 0.3) is 0 Å². The number of benzene rings is 2. The highest BCUT2D eigenvalue weighted by Crippen LogP contribution is 2.43. The maximum absolute atomic E-state index is 14.1. The fraction of sp³-hybridized carbons (Fsp3) is 0.462. The summed E-state index contributed by atoms with van der Waals surface area (Å²) in [6, 6.07) is 7.38. The third-order valence-electron chi connectivity index (χ3n) is 5.92. The van der Waals surface area contributed by atoms with E-state index < -0.39 is 21.8 Å². The Hall–Kier alpha value is -2.46. The van der Waals surface area contributed by atoms with E-state index >= 15 is 0 Å². The summed E-state index contributed by atoms with van der Waals surface area (Å²) in [7, 11) is -3.99. The normalized spacial score (nSPS) is 13.6. The van der Waals surface area contributed by atoms with Gasteiger partial charge in [-0.25, -0.2) is 8.42 Å². The summed E-state index contributed by atoms with van der Waals surface area (Å²) in [5.74, 6) is 6.05. The van der Waals surface area contributed by atoms with Crippen LogP contribution in [-0.2, 0) is 29.0 Å². The number of sulfonamides is 1. The summed E-state index contributed by atoms with van der Waals surface area (Å²) < 4.78 is 70.2. The molecule has 2 aromatic carbocycles. The van der Waals surface area contributed by atoms with Crippen LogP contribution in [0.2, 0.25) is 0 Å². The van der Waals surface area contributed by atoms with Gasteiger partial charge in [0, 0.05) is 18.5 Å². The van der Waals surface area contributed by atoms with Crippen LogP contribution in [0.3, 0.4) is 0 Å². The molecule has 0 aromatic heterocycles. The third kappa shape index (κ3) is 5.38. The molecule has 0 radical (unpaired) electrons. The molecular formula is C26H30F3NO2S. The zero-order valence-corrected chi connectivity index (χ0v) is 20.2. The highest BCUT2D eigenvalue weighted by Gasteiger charge is 2.40. The number of halogens is 3. The van der Waals surface area contributed by atoms with Crippen LogP contribution < -0.4 is 4.31 Å². The van der Waals surface area contributed by atoms with Gasteiger partial charge in [-0.05, 0) is 61.9 Å². The van der Waals surface area contributed by atoms with Gasteiger partial charge in [0.15, 0.2) is 0 Å². The second-order valence-electron chi connectivity index (χ2n) is 8.42. The molecule has 3 nitrogen and oxygen atoms in total. The Labute approximate surface area is 195 Å². The third-order valence-corrected chi connectivity index (χ3v) is 7.74. The summed E-state index contributed by atoms with van der Waals surface area (Å²) in [5.41, 5.74) is 1.39. The maximum Gasteiger partial charge on any atom is 0.416 e. The van der Waals surface area contributed by atoms with Gasteiger partial charge in [0.05, 0.1) is 16.1 Å². The van der Waals surface area contributed by atoms with E-state index in [1.807, 2.05) is 20.8 Å². The minimum atomic E-state index is -4.60. The minimum Gasteiger partial charge on any atom is -0.266 e. The van der Waals surface area contributed by atoms with Gasteiger partial charge in [-0.15, -0.1) is 0 Å². The Balaban J connectivity index is 2.21. The first-order chi connectivity index (χ1) is 15.6. The van der Waals surface area contributed by atoms with Gasteiger partial charge in [-0.1, -0.05) is 56.2 Å². The zero-order valence-electron chi connectivity index (χ0n) is 19.3. The predicted molar refractivity (Wildman–Crippen MR) is 126 cm³/mol. The van der Waals surface area contributed by atoms with Crippen molar-refractivity contribution in [2.45, 2.75) is 76.8 Å². The molecule has 7 heteroatoms. The number of fused-ring (bicyclic) bond motifs is 1. The molecule has 0 spiro atoms. The SMILES string of the molecule is CCCCC#Cc1c2c(cc(C(F)(F)F)c1CCCC)N(S(=O)(=O)c1ccc(C)cc1)CC2. The van der Waals surface area contributed by atoms with Gasteiger partial charge in [-0.3, -0.25) is 4.31 Å². The molecule has 0 N–H and O–H groups in total. The fourth-order valence-electron chi connectivity index (χ4n) is 4.09. The average molecular weight is 478 g/mol. The van der Waals surface area contributed by atoms with Crippen molar-refractivity contribution in [1.82, 2.24) is 0 Å². The van der Waals surface area contributed by atoms with Crippen LogP contribution in [0, 0.1) is 18.8 Å². The number of anilines is 1. The molecule has 3 rings (SSSR count). The zero-order chi connectivity index (χ0) is 24.2. The molecule has 33 heavy (non-hydrogen) atoms. The summed E-state index contributed by atoms with van der Waals surface area (Å²) in [4.78, 5) is 0.0696. The van der Waals surface area contributed by atoms with Gasteiger partial charge >= 0.3 is 6.18 Å². The van der Waals surface area contributed by atoms with Crippen LogP contribution in [0.1, 0.15) is 73.8 Å². The number of hydrogen-bond acceptors (Lipinski definition) is 2. The molecule has 0 aliphatic carbocycles.